The summed E-state index contributed by atoms with van der Waals surface area (Å²) in [7, 11) is 0. The zero-order valence-corrected chi connectivity index (χ0v) is 22.4. The summed E-state index contributed by atoms with van der Waals surface area (Å²) in [5.74, 6) is 1.03. The summed E-state index contributed by atoms with van der Waals surface area (Å²) in [5, 5.41) is 14.0. The van der Waals surface area contributed by atoms with E-state index in [-0.39, 0.29) is 17.7 Å². The molecule has 0 amide bonds. The number of aliphatic imine (C=N–C) groups is 1. The molecule has 12 heteroatoms. The number of unbranched alkanes of at least 4 members (excludes halogenated alkanes) is 4. The van der Waals surface area contributed by atoms with Gasteiger partial charge in [0.25, 0.3) is 5.56 Å². The molecule has 36 heavy (non-hydrogen) atoms. The minimum atomic E-state index is -0.310. The van der Waals surface area contributed by atoms with E-state index in [1.807, 2.05) is 6.07 Å². The second-order valence-corrected chi connectivity index (χ2v) is 10.1. The Morgan fingerprint density at radius 2 is 1.67 bits per heavy atom. The van der Waals surface area contributed by atoms with E-state index in [0.29, 0.717) is 64.9 Å². The second-order valence-electron chi connectivity index (χ2n) is 8.85. The first-order chi connectivity index (χ1) is 17.4. The lowest BCUT2D eigenvalue weighted by atomic mass is 10.1. The highest BCUT2D eigenvalue weighted by Gasteiger charge is 2.24. The summed E-state index contributed by atoms with van der Waals surface area (Å²) >= 11 is 18.1. The fourth-order valence-corrected chi connectivity index (χ4v) is 4.75. The van der Waals surface area contributed by atoms with Crippen molar-refractivity contribution in [1.82, 2.24) is 29.3 Å². The van der Waals surface area contributed by atoms with Crippen LogP contribution in [0.5, 0.6) is 0 Å². The Bertz CT molecular complexity index is 1380. The monoisotopic (exact) mass is 551 g/mol. The average molecular weight is 553 g/mol. The molecule has 9 nitrogen and oxygen atoms in total. The molecule has 0 spiro atoms. The quantitative estimate of drug-likeness (QED) is 0.301. The van der Waals surface area contributed by atoms with Crippen LogP contribution >= 0.6 is 34.8 Å². The van der Waals surface area contributed by atoms with Gasteiger partial charge in [0.1, 0.15) is 11.0 Å². The Labute approximate surface area is 223 Å². The number of benzene rings is 1. The van der Waals surface area contributed by atoms with Crippen LogP contribution in [-0.4, -0.2) is 34.5 Å². The average Bonchev–Trinajstić information content (AvgIpc) is 3.46. The van der Waals surface area contributed by atoms with E-state index in [2.05, 4.69) is 27.3 Å². The maximum absolute atomic E-state index is 13.1. The Balaban J connectivity index is 1.32. The molecule has 0 saturated heterocycles. The highest BCUT2D eigenvalue weighted by Crippen LogP contribution is 2.25. The van der Waals surface area contributed by atoms with Gasteiger partial charge in [-0.1, -0.05) is 60.6 Å². The van der Waals surface area contributed by atoms with Crippen LogP contribution in [-0.2, 0) is 32.5 Å². The summed E-state index contributed by atoms with van der Waals surface area (Å²) < 4.78 is 2.94. The van der Waals surface area contributed by atoms with Gasteiger partial charge in [0.2, 0.25) is 0 Å². The zero-order valence-electron chi connectivity index (χ0n) is 20.1. The number of rotatable bonds is 12. The van der Waals surface area contributed by atoms with Crippen molar-refractivity contribution in [2.45, 2.75) is 77.9 Å². The fraction of sp³-hybridized carbons (Fsp3) is 0.500. The van der Waals surface area contributed by atoms with E-state index in [9.17, 15) is 9.59 Å². The predicted molar refractivity (Wildman–Crippen MR) is 142 cm³/mol. The van der Waals surface area contributed by atoms with Gasteiger partial charge < -0.3 is 0 Å². The molecular formula is C24H28Cl3N7O2. The molecule has 3 heterocycles. The summed E-state index contributed by atoms with van der Waals surface area (Å²) in [6.07, 6.45) is 5.97. The maximum Gasteiger partial charge on any atom is 0.332 e. The third-order valence-corrected chi connectivity index (χ3v) is 7.06. The lowest BCUT2D eigenvalue weighted by Gasteiger charge is -2.14. The van der Waals surface area contributed by atoms with E-state index >= 15 is 0 Å². The second kappa shape index (κ2) is 12.2. The molecule has 3 aromatic rings. The van der Waals surface area contributed by atoms with Crippen LogP contribution in [0.15, 0.2) is 32.8 Å². The van der Waals surface area contributed by atoms with Crippen molar-refractivity contribution in [1.29, 1.82) is 0 Å². The molecule has 0 N–H and O–H groups in total. The van der Waals surface area contributed by atoms with Crippen LogP contribution in [0.25, 0.3) is 0 Å². The first-order valence-corrected chi connectivity index (χ1v) is 13.3. The van der Waals surface area contributed by atoms with Crippen molar-refractivity contribution in [2.24, 2.45) is 4.99 Å². The topological polar surface area (TPSA) is 100.0 Å². The maximum atomic E-state index is 13.1. The Kier molecular flexibility index (Phi) is 8.98. The molecule has 1 aromatic carbocycles. The first-order valence-electron chi connectivity index (χ1n) is 12.2. The van der Waals surface area contributed by atoms with Crippen molar-refractivity contribution in [2.75, 3.05) is 0 Å². The molecule has 1 aliphatic heterocycles. The van der Waals surface area contributed by atoms with E-state index in [1.54, 1.807) is 21.5 Å². The number of halogens is 3. The first kappa shape index (κ1) is 26.6. The number of nitrogens with zero attached hydrogens (tertiary/aromatic N) is 7. The SMILES string of the molecule is CCCCCn1c2c(c(=O)n(CCCCCn3nnc(Cc4ccc(Cl)c(Cl)c4)n3)c1=O)CC(Cl)=N2. The van der Waals surface area contributed by atoms with Crippen LogP contribution < -0.4 is 11.2 Å². The van der Waals surface area contributed by atoms with Crippen molar-refractivity contribution < 1.29 is 0 Å². The highest BCUT2D eigenvalue weighted by molar-refractivity contribution is 6.66. The number of tetrazole rings is 1. The van der Waals surface area contributed by atoms with Crippen LogP contribution in [0, 0.1) is 0 Å². The molecular weight excluding hydrogens is 525 g/mol. The molecule has 0 bridgehead atoms. The van der Waals surface area contributed by atoms with Gasteiger partial charge in [0, 0.05) is 25.9 Å². The van der Waals surface area contributed by atoms with Gasteiger partial charge in [-0.25, -0.2) is 9.79 Å². The number of fused-ring (bicyclic) bond motifs is 1. The molecule has 0 aliphatic carbocycles. The highest BCUT2D eigenvalue weighted by atomic mass is 35.5. The summed E-state index contributed by atoms with van der Waals surface area (Å²) in [6.45, 7) is 3.59. The molecule has 0 saturated carbocycles. The number of aryl methyl sites for hydroxylation is 1. The normalized spacial score (nSPS) is 12.7. The molecule has 1 aliphatic rings. The minimum Gasteiger partial charge on any atom is -0.278 e. The third-order valence-electron chi connectivity index (χ3n) is 6.11. The van der Waals surface area contributed by atoms with Crippen molar-refractivity contribution in [3.05, 3.63) is 66.0 Å². The standard InChI is InChI=1S/C24H28Cl3N7O2/c1-2-3-5-10-32-22-17(15-20(27)28-22)23(35)33(24(32)36)11-6-4-7-12-34-30-21(29-31-34)14-16-8-9-18(25)19(26)13-16/h8-9,13H,2-7,10-12,14-15H2,1H3. The lowest BCUT2D eigenvalue weighted by molar-refractivity contribution is 0.457. The van der Waals surface area contributed by atoms with E-state index in [4.69, 9.17) is 34.8 Å². The summed E-state index contributed by atoms with van der Waals surface area (Å²) in [4.78, 5) is 31.9. The van der Waals surface area contributed by atoms with Crippen LogP contribution in [0.3, 0.4) is 0 Å². The predicted octanol–water partition coefficient (Wildman–Crippen LogP) is 4.78. The lowest BCUT2D eigenvalue weighted by Crippen LogP contribution is -2.41. The number of hydrogen-bond donors (Lipinski definition) is 0. The Hall–Kier alpha value is -2.49. The van der Waals surface area contributed by atoms with Gasteiger partial charge in [-0.2, -0.15) is 4.80 Å². The Morgan fingerprint density at radius 3 is 2.44 bits per heavy atom. The minimum absolute atomic E-state index is 0.284. The van der Waals surface area contributed by atoms with Gasteiger partial charge in [0.15, 0.2) is 5.82 Å². The summed E-state index contributed by atoms with van der Waals surface area (Å²) in [5.41, 5.74) is 0.870. The van der Waals surface area contributed by atoms with E-state index < -0.39 is 0 Å². The van der Waals surface area contributed by atoms with Crippen LogP contribution in [0.1, 0.15) is 62.4 Å². The van der Waals surface area contributed by atoms with Gasteiger partial charge in [-0.3, -0.25) is 13.9 Å². The van der Waals surface area contributed by atoms with Gasteiger partial charge >= 0.3 is 5.69 Å². The van der Waals surface area contributed by atoms with Gasteiger partial charge in [-0.15, -0.1) is 10.2 Å². The van der Waals surface area contributed by atoms with Gasteiger partial charge in [-0.05, 0) is 48.6 Å². The van der Waals surface area contributed by atoms with Crippen molar-refractivity contribution in [3.8, 4) is 0 Å². The molecule has 192 valence electrons. The van der Waals surface area contributed by atoms with E-state index in [0.717, 1.165) is 37.7 Å². The van der Waals surface area contributed by atoms with Crippen molar-refractivity contribution >= 4 is 45.8 Å². The summed E-state index contributed by atoms with van der Waals surface area (Å²) in [6, 6.07) is 5.43. The fourth-order valence-electron chi connectivity index (χ4n) is 4.22. The third kappa shape index (κ3) is 6.25. The van der Waals surface area contributed by atoms with E-state index in [1.165, 1.54) is 4.57 Å². The zero-order chi connectivity index (χ0) is 25.7. The molecule has 0 unspecified atom stereocenters. The molecule has 0 atom stereocenters. The smallest absolute Gasteiger partial charge is 0.278 e. The van der Waals surface area contributed by atoms with Gasteiger partial charge in [0.05, 0.1) is 22.2 Å². The molecule has 4 rings (SSSR count). The van der Waals surface area contributed by atoms with Crippen molar-refractivity contribution in [3.63, 3.8) is 0 Å². The molecule has 2 aromatic heterocycles. The van der Waals surface area contributed by atoms with Crippen LogP contribution in [0.2, 0.25) is 10.0 Å². The molecule has 0 fully saturated rings. The Morgan fingerprint density at radius 1 is 0.917 bits per heavy atom. The molecule has 0 radical (unpaired) electrons. The number of hydrogen-bond acceptors (Lipinski definition) is 6. The van der Waals surface area contributed by atoms with Crippen LogP contribution in [0.4, 0.5) is 5.82 Å². The number of aromatic nitrogens is 6. The largest absolute Gasteiger partial charge is 0.332 e.